The topological polar surface area (TPSA) is 47.9 Å². The van der Waals surface area contributed by atoms with Crippen molar-refractivity contribution in [3.63, 3.8) is 0 Å². The first-order chi connectivity index (χ1) is 9.28. The normalized spacial score (nSPS) is 10.8. The summed E-state index contributed by atoms with van der Waals surface area (Å²) in [4.78, 5) is 14.6. The molecule has 0 spiro atoms. The second-order valence-corrected chi connectivity index (χ2v) is 5.33. The molecule has 0 amide bonds. The third-order valence-electron chi connectivity index (χ3n) is 2.62. The number of ether oxygens (including phenoxy) is 1. The summed E-state index contributed by atoms with van der Waals surface area (Å²) in [5, 5.41) is 1.23. The van der Waals surface area contributed by atoms with Crippen molar-refractivity contribution in [1.82, 2.24) is 15.0 Å². The molecule has 0 aromatic carbocycles. The lowest BCUT2D eigenvalue weighted by atomic mass is 10.3. The van der Waals surface area contributed by atoms with Crippen LogP contribution >= 0.6 is 22.9 Å². The molecule has 0 aliphatic heterocycles. The van der Waals surface area contributed by atoms with Gasteiger partial charge in [-0.1, -0.05) is 18.5 Å². The predicted molar refractivity (Wildman–Crippen MR) is 76.1 cm³/mol. The van der Waals surface area contributed by atoms with Gasteiger partial charge in [-0.25, -0.2) is 15.0 Å². The van der Waals surface area contributed by atoms with Crippen LogP contribution in [0.15, 0.2) is 30.7 Å². The Hall–Kier alpha value is -1.72. The van der Waals surface area contributed by atoms with Crippen LogP contribution in [-0.4, -0.2) is 15.0 Å². The van der Waals surface area contributed by atoms with Gasteiger partial charge in [0.15, 0.2) is 10.9 Å². The number of rotatable bonds is 3. The van der Waals surface area contributed by atoms with Crippen molar-refractivity contribution in [1.29, 1.82) is 0 Å². The predicted octanol–water partition coefficient (Wildman–Crippen LogP) is 4.09. The van der Waals surface area contributed by atoms with Gasteiger partial charge in [-0.05, 0) is 24.6 Å². The minimum absolute atomic E-state index is 0.320. The molecular formula is C13H10ClN3OS. The molecule has 19 heavy (non-hydrogen) atoms. The van der Waals surface area contributed by atoms with Crippen molar-refractivity contribution < 1.29 is 4.74 Å². The molecule has 0 bridgehead atoms. The Morgan fingerprint density at radius 3 is 3.00 bits per heavy atom. The molecule has 0 fully saturated rings. The van der Waals surface area contributed by atoms with E-state index in [-0.39, 0.29) is 0 Å². The van der Waals surface area contributed by atoms with Crippen LogP contribution in [0.1, 0.15) is 11.8 Å². The van der Waals surface area contributed by atoms with Gasteiger partial charge in [-0.2, -0.15) is 0 Å². The largest absolute Gasteiger partial charge is 0.435 e. The smallest absolute Gasteiger partial charge is 0.231 e. The summed E-state index contributed by atoms with van der Waals surface area (Å²) in [6.45, 7) is 2.11. The van der Waals surface area contributed by atoms with Crippen molar-refractivity contribution >= 4 is 33.2 Å². The van der Waals surface area contributed by atoms with Gasteiger partial charge in [-0.3, -0.25) is 0 Å². The molecule has 0 radical (unpaired) electrons. The number of fused-ring (bicyclic) bond motifs is 1. The van der Waals surface area contributed by atoms with Crippen LogP contribution in [0.4, 0.5) is 0 Å². The van der Waals surface area contributed by atoms with E-state index >= 15 is 0 Å². The molecule has 4 nitrogen and oxygen atoms in total. The van der Waals surface area contributed by atoms with Gasteiger partial charge in [0.05, 0.1) is 5.39 Å². The van der Waals surface area contributed by atoms with Crippen molar-refractivity contribution in [2.75, 3.05) is 0 Å². The van der Waals surface area contributed by atoms with Crippen molar-refractivity contribution in [3.05, 3.63) is 40.8 Å². The summed E-state index contributed by atoms with van der Waals surface area (Å²) in [5.41, 5.74) is 0. The zero-order valence-corrected chi connectivity index (χ0v) is 11.7. The molecule has 3 heterocycles. The Morgan fingerprint density at radius 2 is 2.21 bits per heavy atom. The highest BCUT2D eigenvalue weighted by Crippen LogP contribution is 2.33. The maximum absolute atomic E-state index is 5.98. The maximum atomic E-state index is 5.98. The Kier molecular flexibility index (Phi) is 3.31. The molecule has 96 valence electrons. The second kappa shape index (κ2) is 5.11. The van der Waals surface area contributed by atoms with Gasteiger partial charge in [0.25, 0.3) is 0 Å². The quantitative estimate of drug-likeness (QED) is 0.682. The third kappa shape index (κ3) is 2.39. The molecule has 0 aliphatic rings. The number of halogens is 1. The third-order valence-corrected chi connectivity index (χ3v) is 4.10. The highest BCUT2D eigenvalue weighted by atomic mass is 35.5. The van der Waals surface area contributed by atoms with Crippen molar-refractivity contribution in [2.24, 2.45) is 0 Å². The van der Waals surface area contributed by atoms with Crippen LogP contribution in [-0.2, 0) is 6.42 Å². The second-order valence-electron chi connectivity index (χ2n) is 3.86. The summed E-state index contributed by atoms with van der Waals surface area (Å²) in [5.74, 6) is 1.00. The minimum Gasteiger partial charge on any atom is -0.435 e. The van der Waals surface area contributed by atoms with E-state index in [0.29, 0.717) is 16.8 Å². The Balaban J connectivity index is 2.05. The SMILES string of the molecule is CCc1cc2c(Oc3cccnc3Cl)ncnc2s1. The highest BCUT2D eigenvalue weighted by molar-refractivity contribution is 7.18. The molecule has 0 unspecified atom stereocenters. The molecule has 3 aromatic heterocycles. The van der Waals surface area contributed by atoms with Crippen LogP contribution < -0.4 is 4.74 Å². The average Bonchev–Trinajstić information content (AvgIpc) is 2.85. The highest BCUT2D eigenvalue weighted by Gasteiger charge is 2.11. The summed E-state index contributed by atoms with van der Waals surface area (Å²) < 4.78 is 5.74. The van der Waals surface area contributed by atoms with E-state index in [1.807, 2.05) is 0 Å². The van der Waals surface area contributed by atoms with Crippen LogP contribution in [0.5, 0.6) is 11.6 Å². The summed E-state index contributed by atoms with van der Waals surface area (Å²) >= 11 is 7.63. The molecule has 6 heteroatoms. The lowest BCUT2D eigenvalue weighted by molar-refractivity contribution is 0.466. The number of aromatic nitrogens is 3. The molecule has 0 N–H and O–H groups in total. The van der Waals surface area contributed by atoms with E-state index in [1.165, 1.54) is 11.2 Å². The molecule has 0 aliphatic carbocycles. The van der Waals surface area contributed by atoms with E-state index in [4.69, 9.17) is 16.3 Å². The fourth-order valence-electron chi connectivity index (χ4n) is 1.69. The van der Waals surface area contributed by atoms with Crippen LogP contribution in [0.25, 0.3) is 10.2 Å². The van der Waals surface area contributed by atoms with Gasteiger partial charge in [0, 0.05) is 11.1 Å². The van der Waals surface area contributed by atoms with E-state index in [1.54, 1.807) is 29.7 Å². The molecule has 0 saturated carbocycles. The maximum Gasteiger partial charge on any atom is 0.231 e. The van der Waals surface area contributed by atoms with Gasteiger partial charge in [-0.15, -0.1) is 11.3 Å². The Labute approximate surface area is 119 Å². The lowest BCUT2D eigenvalue weighted by Gasteiger charge is -2.05. The first-order valence-corrected chi connectivity index (χ1v) is 6.99. The fourth-order valence-corrected chi connectivity index (χ4v) is 2.77. The van der Waals surface area contributed by atoms with Crippen LogP contribution in [0, 0.1) is 0 Å². The first kappa shape index (κ1) is 12.3. The van der Waals surface area contributed by atoms with E-state index in [2.05, 4.69) is 27.9 Å². The number of hydrogen-bond donors (Lipinski definition) is 0. The molecule has 3 rings (SSSR count). The van der Waals surface area contributed by atoms with Gasteiger partial charge < -0.3 is 4.74 Å². The average molecular weight is 292 g/mol. The zero-order chi connectivity index (χ0) is 13.2. The molecular weight excluding hydrogens is 282 g/mol. The van der Waals surface area contributed by atoms with E-state index in [0.717, 1.165) is 16.6 Å². The standard InChI is InChI=1S/C13H10ClN3OS/c1-2-8-6-9-12(16-7-17-13(9)19-8)18-10-4-3-5-15-11(10)14/h3-7H,2H2,1H3. The summed E-state index contributed by atoms with van der Waals surface area (Å²) in [6.07, 6.45) is 4.08. The van der Waals surface area contributed by atoms with Gasteiger partial charge in [0.1, 0.15) is 11.2 Å². The molecule has 0 atom stereocenters. The molecule has 0 saturated heterocycles. The number of aryl methyl sites for hydroxylation is 1. The fraction of sp³-hybridized carbons (Fsp3) is 0.154. The number of nitrogens with zero attached hydrogens (tertiary/aromatic N) is 3. The van der Waals surface area contributed by atoms with Crippen molar-refractivity contribution in [2.45, 2.75) is 13.3 Å². The zero-order valence-electron chi connectivity index (χ0n) is 10.1. The van der Waals surface area contributed by atoms with Crippen LogP contribution in [0.3, 0.4) is 0 Å². The first-order valence-electron chi connectivity index (χ1n) is 5.79. The number of thiophene rings is 1. The summed E-state index contributed by atoms with van der Waals surface area (Å²) in [7, 11) is 0. The van der Waals surface area contributed by atoms with E-state index < -0.39 is 0 Å². The Morgan fingerprint density at radius 1 is 1.32 bits per heavy atom. The van der Waals surface area contributed by atoms with Gasteiger partial charge in [0.2, 0.25) is 5.88 Å². The monoisotopic (exact) mass is 291 g/mol. The van der Waals surface area contributed by atoms with E-state index in [9.17, 15) is 0 Å². The van der Waals surface area contributed by atoms with Gasteiger partial charge >= 0.3 is 0 Å². The number of hydrogen-bond acceptors (Lipinski definition) is 5. The Bertz CT molecular complexity index is 729. The molecule has 3 aromatic rings. The summed E-state index contributed by atoms with van der Waals surface area (Å²) in [6, 6.07) is 5.58. The van der Waals surface area contributed by atoms with Crippen LogP contribution in [0.2, 0.25) is 5.15 Å². The number of pyridine rings is 1. The van der Waals surface area contributed by atoms with Crippen molar-refractivity contribution in [3.8, 4) is 11.6 Å². The lowest BCUT2D eigenvalue weighted by Crippen LogP contribution is -1.91. The minimum atomic E-state index is 0.320.